The highest BCUT2D eigenvalue weighted by molar-refractivity contribution is 5.97. The summed E-state index contributed by atoms with van der Waals surface area (Å²) in [6, 6.07) is 14.3. The number of nitrogens with zero attached hydrogens (tertiary/aromatic N) is 2. The zero-order valence-electron chi connectivity index (χ0n) is 20.4. The van der Waals surface area contributed by atoms with E-state index in [2.05, 4.69) is 34.4 Å². The molecule has 0 unspecified atom stereocenters. The van der Waals surface area contributed by atoms with Crippen LogP contribution in [-0.2, 0) is 5.54 Å². The molecule has 2 aromatic carbocycles. The van der Waals surface area contributed by atoms with Gasteiger partial charge in [0.2, 0.25) is 0 Å². The van der Waals surface area contributed by atoms with E-state index in [1.54, 1.807) is 6.20 Å². The van der Waals surface area contributed by atoms with Crippen molar-refractivity contribution in [1.82, 2.24) is 15.2 Å². The zero-order chi connectivity index (χ0) is 23.9. The molecule has 1 saturated carbocycles. The lowest BCUT2D eigenvalue weighted by Crippen LogP contribution is -2.48. The number of nitrogens with one attached hydrogen (secondary N) is 1. The van der Waals surface area contributed by atoms with Gasteiger partial charge < -0.3 is 14.8 Å². The maximum Gasteiger partial charge on any atom is 0.252 e. The molecular formula is C28H33N3O3. The molecular weight excluding hydrogens is 426 g/mol. The molecule has 1 amide bonds. The molecule has 0 radical (unpaired) electrons. The number of rotatable bonds is 8. The summed E-state index contributed by atoms with van der Waals surface area (Å²) in [6.07, 6.45) is 4.78. The van der Waals surface area contributed by atoms with Gasteiger partial charge in [0.15, 0.2) is 0 Å². The first-order valence-electron chi connectivity index (χ1n) is 12.2. The van der Waals surface area contributed by atoms with E-state index in [4.69, 9.17) is 9.47 Å². The monoisotopic (exact) mass is 459 g/mol. The van der Waals surface area contributed by atoms with Crippen LogP contribution in [0.25, 0.3) is 10.9 Å². The predicted octanol–water partition coefficient (Wildman–Crippen LogP) is 4.83. The van der Waals surface area contributed by atoms with Crippen molar-refractivity contribution in [3.8, 4) is 11.5 Å². The van der Waals surface area contributed by atoms with Crippen LogP contribution in [0.5, 0.6) is 11.5 Å². The van der Waals surface area contributed by atoms with Crippen molar-refractivity contribution >= 4 is 16.8 Å². The highest BCUT2D eigenvalue weighted by atomic mass is 16.5. The molecule has 1 aromatic heterocycles. The van der Waals surface area contributed by atoms with Gasteiger partial charge in [-0.2, -0.15) is 0 Å². The molecule has 1 atom stereocenters. The highest BCUT2D eigenvalue weighted by Crippen LogP contribution is 2.49. The van der Waals surface area contributed by atoms with Gasteiger partial charge >= 0.3 is 0 Å². The number of ether oxygens (including phenoxy) is 2. The molecule has 2 aliphatic rings. The SMILES string of the molecule is Cc1ccc(OC[C@@H]2CCN2C)cc1C(=O)NC1(c2cc(OC(C)C)cc3ncccc23)CC1. The third-order valence-electron chi connectivity index (χ3n) is 7.02. The maximum absolute atomic E-state index is 13.5. The van der Waals surface area contributed by atoms with Crippen LogP contribution in [0, 0.1) is 6.92 Å². The summed E-state index contributed by atoms with van der Waals surface area (Å²) in [7, 11) is 2.11. The van der Waals surface area contributed by atoms with Crippen molar-refractivity contribution in [3.05, 3.63) is 65.4 Å². The van der Waals surface area contributed by atoms with Crippen molar-refractivity contribution in [1.29, 1.82) is 0 Å². The van der Waals surface area contributed by atoms with Gasteiger partial charge in [0.25, 0.3) is 5.91 Å². The Balaban J connectivity index is 1.40. The normalized spacial score (nSPS) is 19.0. The van der Waals surface area contributed by atoms with Crippen LogP contribution in [0.2, 0.25) is 0 Å². The lowest BCUT2D eigenvalue weighted by molar-refractivity contribution is 0.0767. The second-order valence-corrected chi connectivity index (χ2v) is 9.95. The van der Waals surface area contributed by atoms with E-state index < -0.39 is 5.54 Å². The van der Waals surface area contributed by atoms with Gasteiger partial charge in [-0.1, -0.05) is 12.1 Å². The fourth-order valence-corrected chi connectivity index (χ4v) is 4.67. The number of amides is 1. The van der Waals surface area contributed by atoms with Gasteiger partial charge in [0.1, 0.15) is 18.1 Å². The van der Waals surface area contributed by atoms with Crippen LogP contribution < -0.4 is 14.8 Å². The minimum Gasteiger partial charge on any atom is -0.492 e. The molecule has 34 heavy (non-hydrogen) atoms. The summed E-state index contributed by atoms with van der Waals surface area (Å²) >= 11 is 0. The Hall–Kier alpha value is -3.12. The lowest BCUT2D eigenvalue weighted by Gasteiger charge is -2.37. The molecule has 0 bridgehead atoms. The van der Waals surface area contributed by atoms with E-state index in [1.807, 2.05) is 51.1 Å². The molecule has 6 nitrogen and oxygen atoms in total. The first kappa shape index (κ1) is 22.7. The van der Waals surface area contributed by atoms with Crippen molar-refractivity contribution < 1.29 is 14.3 Å². The molecule has 6 heteroatoms. The standard InChI is InChI=1S/C28H33N3O3/c1-18(2)34-22-15-25(23-6-5-12-29-26(23)16-22)28(10-11-28)30-27(32)24-14-21(8-7-19(24)3)33-17-20-9-13-31(20)4/h5-8,12,14-16,18,20H,9-11,13,17H2,1-4H3,(H,30,32)/t20-/m0/s1. The topological polar surface area (TPSA) is 63.7 Å². The quantitative estimate of drug-likeness (QED) is 0.523. The van der Waals surface area contributed by atoms with Crippen LogP contribution in [-0.4, -0.2) is 48.1 Å². The number of likely N-dealkylation sites (tertiary alicyclic amines) is 1. The molecule has 2 heterocycles. The number of carbonyl (C=O) groups is 1. The molecule has 0 spiro atoms. The molecule has 3 aromatic rings. The lowest BCUT2D eigenvalue weighted by atomic mass is 9.97. The van der Waals surface area contributed by atoms with Crippen LogP contribution in [0.4, 0.5) is 0 Å². The Bertz CT molecular complexity index is 1220. The number of aryl methyl sites for hydroxylation is 1. The molecule has 1 N–H and O–H groups in total. The van der Waals surface area contributed by atoms with E-state index >= 15 is 0 Å². The van der Waals surface area contributed by atoms with Crippen molar-refractivity contribution in [2.45, 2.75) is 57.7 Å². The van der Waals surface area contributed by atoms with Gasteiger partial charge in [-0.3, -0.25) is 14.7 Å². The van der Waals surface area contributed by atoms with Crippen LogP contribution in [0.3, 0.4) is 0 Å². The number of likely N-dealkylation sites (N-methyl/N-ethyl adjacent to an activating group) is 1. The van der Waals surface area contributed by atoms with E-state index in [-0.39, 0.29) is 12.0 Å². The molecule has 1 aliphatic heterocycles. The summed E-state index contributed by atoms with van der Waals surface area (Å²) < 4.78 is 12.0. The summed E-state index contributed by atoms with van der Waals surface area (Å²) in [5.74, 6) is 1.44. The summed E-state index contributed by atoms with van der Waals surface area (Å²) in [6.45, 7) is 7.75. The number of fused-ring (bicyclic) bond motifs is 1. The molecule has 1 aliphatic carbocycles. The maximum atomic E-state index is 13.5. The number of pyridine rings is 1. The number of hydrogen-bond donors (Lipinski definition) is 1. The summed E-state index contributed by atoms with van der Waals surface area (Å²) in [5, 5.41) is 4.40. The first-order chi connectivity index (χ1) is 16.3. The Kier molecular flexibility index (Phi) is 5.94. The fraction of sp³-hybridized carbons (Fsp3) is 0.429. The van der Waals surface area contributed by atoms with Gasteiger partial charge in [0, 0.05) is 29.3 Å². The number of benzene rings is 2. The van der Waals surface area contributed by atoms with Crippen molar-refractivity contribution in [2.75, 3.05) is 20.2 Å². The third-order valence-corrected chi connectivity index (χ3v) is 7.02. The molecule has 1 saturated heterocycles. The number of carbonyl (C=O) groups excluding carboxylic acids is 1. The Morgan fingerprint density at radius 3 is 2.71 bits per heavy atom. The Labute approximate surface area is 201 Å². The Morgan fingerprint density at radius 1 is 1.21 bits per heavy atom. The minimum atomic E-state index is -0.410. The smallest absolute Gasteiger partial charge is 0.252 e. The number of aromatic nitrogens is 1. The van der Waals surface area contributed by atoms with Gasteiger partial charge in [-0.25, -0.2) is 0 Å². The van der Waals surface area contributed by atoms with Crippen molar-refractivity contribution in [3.63, 3.8) is 0 Å². The molecule has 5 rings (SSSR count). The minimum absolute atomic E-state index is 0.0591. The predicted molar refractivity (Wildman–Crippen MR) is 134 cm³/mol. The first-order valence-corrected chi connectivity index (χ1v) is 12.2. The Morgan fingerprint density at radius 2 is 2.03 bits per heavy atom. The second-order valence-electron chi connectivity index (χ2n) is 9.95. The van der Waals surface area contributed by atoms with Crippen LogP contribution in [0.15, 0.2) is 48.7 Å². The third kappa shape index (κ3) is 4.47. The van der Waals surface area contributed by atoms with E-state index in [0.29, 0.717) is 18.2 Å². The largest absolute Gasteiger partial charge is 0.492 e. The zero-order valence-corrected chi connectivity index (χ0v) is 20.4. The molecule has 178 valence electrons. The highest BCUT2D eigenvalue weighted by Gasteiger charge is 2.47. The molecule has 2 fully saturated rings. The van der Waals surface area contributed by atoms with E-state index in [1.165, 1.54) is 0 Å². The van der Waals surface area contributed by atoms with Crippen LogP contribution in [0.1, 0.15) is 54.6 Å². The van der Waals surface area contributed by atoms with E-state index in [9.17, 15) is 4.79 Å². The summed E-state index contributed by atoms with van der Waals surface area (Å²) in [5.41, 5.74) is 3.13. The van der Waals surface area contributed by atoms with Gasteiger partial charge in [-0.05, 0) is 89.0 Å². The summed E-state index contributed by atoms with van der Waals surface area (Å²) in [4.78, 5) is 20.3. The number of hydrogen-bond acceptors (Lipinski definition) is 5. The fourth-order valence-electron chi connectivity index (χ4n) is 4.67. The average molecular weight is 460 g/mol. The van der Waals surface area contributed by atoms with E-state index in [0.717, 1.165) is 59.3 Å². The van der Waals surface area contributed by atoms with Crippen molar-refractivity contribution in [2.24, 2.45) is 0 Å². The van der Waals surface area contributed by atoms with Gasteiger partial charge in [0.05, 0.1) is 17.2 Å². The van der Waals surface area contributed by atoms with Gasteiger partial charge in [-0.15, -0.1) is 0 Å². The second kappa shape index (κ2) is 8.91. The van der Waals surface area contributed by atoms with Crippen LogP contribution >= 0.6 is 0 Å². The average Bonchev–Trinajstić information content (AvgIpc) is 3.58.